The average molecular weight is 365 g/mol. The molecule has 4 aromatic rings. The van der Waals surface area contributed by atoms with E-state index in [9.17, 15) is 4.79 Å². The van der Waals surface area contributed by atoms with Gasteiger partial charge in [-0.3, -0.25) is 14.5 Å². The summed E-state index contributed by atoms with van der Waals surface area (Å²) in [6.45, 7) is 6.48. The van der Waals surface area contributed by atoms with Gasteiger partial charge in [0, 0.05) is 12.4 Å². The summed E-state index contributed by atoms with van der Waals surface area (Å²) in [7, 11) is 0. The van der Waals surface area contributed by atoms with E-state index in [1.807, 2.05) is 50.4 Å². The lowest BCUT2D eigenvalue weighted by molar-refractivity contribution is 0.366. The van der Waals surface area contributed by atoms with Crippen LogP contribution < -0.4 is 5.56 Å². The molecule has 0 saturated heterocycles. The van der Waals surface area contributed by atoms with E-state index in [0.29, 0.717) is 12.1 Å². The van der Waals surface area contributed by atoms with E-state index in [1.54, 1.807) is 34.6 Å². The van der Waals surface area contributed by atoms with Gasteiger partial charge >= 0.3 is 0 Å². The topological polar surface area (TPSA) is 65.6 Å². The highest BCUT2D eigenvalue weighted by Crippen LogP contribution is 2.30. The Hall–Kier alpha value is -2.80. The first-order valence-electron chi connectivity index (χ1n) is 8.37. The van der Waals surface area contributed by atoms with Gasteiger partial charge in [-0.15, -0.1) is 11.3 Å². The molecule has 0 amide bonds. The van der Waals surface area contributed by atoms with Crippen LogP contribution in [0.15, 0.2) is 53.0 Å². The zero-order valence-electron chi connectivity index (χ0n) is 14.9. The molecule has 0 aliphatic rings. The second kappa shape index (κ2) is 6.17. The van der Waals surface area contributed by atoms with Gasteiger partial charge in [0.05, 0.1) is 28.5 Å². The SMILES string of the molecule is CC(C)(C)n1ncc2c(-c3cccs3)nn(Cc3cccnc3)c(=O)c21. The summed E-state index contributed by atoms with van der Waals surface area (Å²) in [5.74, 6) is 0. The Labute approximate surface area is 154 Å². The van der Waals surface area contributed by atoms with Crippen molar-refractivity contribution in [2.45, 2.75) is 32.9 Å². The van der Waals surface area contributed by atoms with E-state index in [2.05, 4.69) is 15.2 Å². The largest absolute Gasteiger partial charge is 0.293 e. The van der Waals surface area contributed by atoms with Crippen LogP contribution >= 0.6 is 11.3 Å². The van der Waals surface area contributed by atoms with Crippen LogP contribution in [0.1, 0.15) is 26.3 Å². The highest BCUT2D eigenvalue weighted by molar-refractivity contribution is 7.13. The number of aromatic nitrogens is 5. The predicted molar refractivity (Wildman–Crippen MR) is 103 cm³/mol. The Morgan fingerprint density at radius 3 is 2.65 bits per heavy atom. The second-order valence-electron chi connectivity index (χ2n) is 7.14. The van der Waals surface area contributed by atoms with Gasteiger partial charge in [0.15, 0.2) is 0 Å². The molecule has 0 bridgehead atoms. The van der Waals surface area contributed by atoms with Crippen LogP contribution in [0.3, 0.4) is 0 Å². The standard InChI is InChI=1S/C19H19N5OS/c1-19(2,3)24-17-14(11-21-24)16(15-7-5-9-26-15)22-23(18(17)25)12-13-6-4-8-20-10-13/h4-11H,12H2,1-3H3. The van der Waals surface area contributed by atoms with Crippen LogP contribution in [0.5, 0.6) is 0 Å². The molecule has 0 spiro atoms. The van der Waals surface area contributed by atoms with Gasteiger partial charge < -0.3 is 0 Å². The van der Waals surface area contributed by atoms with Crippen LogP contribution in [0, 0.1) is 0 Å². The average Bonchev–Trinajstić information content (AvgIpc) is 3.27. The first kappa shape index (κ1) is 16.7. The Kier molecular flexibility index (Phi) is 3.96. The molecule has 0 unspecified atom stereocenters. The number of nitrogens with zero attached hydrogens (tertiary/aromatic N) is 5. The summed E-state index contributed by atoms with van der Waals surface area (Å²) in [5.41, 5.74) is 1.85. The second-order valence-corrected chi connectivity index (χ2v) is 8.09. The van der Waals surface area contributed by atoms with E-state index < -0.39 is 0 Å². The molecule has 0 aliphatic heterocycles. The van der Waals surface area contributed by atoms with Crippen LogP contribution in [-0.4, -0.2) is 24.5 Å². The maximum atomic E-state index is 13.2. The Morgan fingerprint density at radius 1 is 1.15 bits per heavy atom. The molecule has 0 aliphatic carbocycles. The fourth-order valence-electron chi connectivity index (χ4n) is 2.95. The number of hydrogen-bond acceptors (Lipinski definition) is 5. The van der Waals surface area contributed by atoms with E-state index >= 15 is 0 Å². The molecule has 132 valence electrons. The molecule has 7 heteroatoms. The van der Waals surface area contributed by atoms with Crippen molar-refractivity contribution in [1.29, 1.82) is 0 Å². The molecule has 26 heavy (non-hydrogen) atoms. The highest BCUT2D eigenvalue weighted by Gasteiger charge is 2.23. The fraction of sp³-hybridized carbons (Fsp3) is 0.263. The summed E-state index contributed by atoms with van der Waals surface area (Å²) in [6, 6.07) is 7.80. The highest BCUT2D eigenvalue weighted by atomic mass is 32.1. The van der Waals surface area contributed by atoms with Crippen molar-refractivity contribution in [1.82, 2.24) is 24.5 Å². The molecule has 4 aromatic heterocycles. The zero-order valence-corrected chi connectivity index (χ0v) is 15.7. The van der Waals surface area contributed by atoms with Crippen molar-refractivity contribution < 1.29 is 0 Å². The maximum absolute atomic E-state index is 13.2. The quantitative estimate of drug-likeness (QED) is 0.557. The summed E-state index contributed by atoms with van der Waals surface area (Å²) in [5, 5.41) is 12.0. The molecule has 0 radical (unpaired) electrons. The summed E-state index contributed by atoms with van der Waals surface area (Å²) >= 11 is 1.60. The molecule has 0 fully saturated rings. The third kappa shape index (κ3) is 2.84. The molecule has 6 nitrogen and oxygen atoms in total. The monoisotopic (exact) mass is 365 g/mol. The van der Waals surface area contributed by atoms with Crippen molar-refractivity contribution in [3.8, 4) is 10.6 Å². The van der Waals surface area contributed by atoms with Crippen LogP contribution in [0.4, 0.5) is 0 Å². The van der Waals surface area contributed by atoms with Crippen LogP contribution in [0.2, 0.25) is 0 Å². The van der Waals surface area contributed by atoms with E-state index in [0.717, 1.165) is 21.5 Å². The smallest absolute Gasteiger partial charge is 0.265 e. The molecule has 0 N–H and O–H groups in total. The predicted octanol–water partition coefficient (Wildman–Crippen LogP) is 3.52. The molecule has 0 atom stereocenters. The third-order valence-corrected chi connectivity index (χ3v) is 5.00. The third-order valence-electron chi connectivity index (χ3n) is 4.13. The zero-order chi connectivity index (χ0) is 18.3. The van der Waals surface area contributed by atoms with E-state index in [4.69, 9.17) is 0 Å². The number of rotatable bonds is 3. The van der Waals surface area contributed by atoms with Gasteiger partial charge in [-0.25, -0.2) is 4.68 Å². The Bertz CT molecular complexity index is 1100. The van der Waals surface area contributed by atoms with E-state index in [-0.39, 0.29) is 11.1 Å². The molecule has 0 aromatic carbocycles. The fourth-order valence-corrected chi connectivity index (χ4v) is 3.67. The Balaban J connectivity index is 2.00. The van der Waals surface area contributed by atoms with E-state index in [1.165, 1.54) is 4.68 Å². The molecular weight excluding hydrogens is 346 g/mol. The van der Waals surface area contributed by atoms with Gasteiger partial charge in [0.2, 0.25) is 0 Å². The number of thiophene rings is 1. The maximum Gasteiger partial charge on any atom is 0.293 e. The summed E-state index contributed by atoms with van der Waals surface area (Å²) in [4.78, 5) is 18.4. The number of hydrogen-bond donors (Lipinski definition) is 0. The van der Waals surface area contributed by atoms with Gasteiger partial charge in [-0.1, -0.05) is 12.1 Å². The van der Waals surface area contributed by atoms with Gasteiger partial charge in [-0.05, 0) is 43.8 Å². The molecule has 4 rings (SSSR count). The summed E-state index contributed by atoms with van der Waals surface area (Å²) in [6.07, 6.45) is 5.22. The van der Waals surface area contributed by atoms with Gasteiger partial charge in [0.25, 0.3) is 5.56 Å². The Morgan fingerprint density at radius 2 is 2.00 bits per heavy atom. The minimum absolute atomic E-state index is 0.142. The lowest BCUT2D eigenvalue weighted by Gasteiger charge is -2.20. The van der Waals surface area contributed by atoms with Crippen molar-refractivity contribution in [2.75, 3.05) is 0 Å². The first-order chi connectivity index (χ1) is 12.4. The van der Waals surface area contributed by atoms with Gasteiger partial charge in [0.1, 0.15) is 11.2 Å². The number of pyridine rings is 1. The summed E-state index contributed by atoms with van der Waals surface area (Å²) < 4.78 is 3.31. The van der Waals surface area contributed by atoms with Crippen molar-refractivity contribution in [3.63, 3.8) is 0 Å². The lowest BCUT2D eigenvalue weighted by atomic mass is 10.1. The molecule has 4 heterocycles. The van der Waals surface area contributed by atoms with Crippen molar-refractivity contribution in [3.05, 3.63) is 64.2 Å². The normalized spacial score (nSPS) is 12.0. The van der Waals surface area contributed by atoms with Crippen LogP contribution in [0.25, 0.3) is 21.5 Å². The molecule has 0 saturated carbocycles. The first-order valence-corrected chi connectivity index (χ1v) is 9.25. The van der Waals surface area contributed by atoms with Crippen molar-refractivity contribution >= 4 is 22.2 Å². The molecular formula is C19H19N5OS. The van der Waals surface area contributed by atoms with Crippen LogP contribution in [-0.2, 0) is 12.1 Å². The minimum Gasteiger partial charge on any atom is -0.265 e. The number of fused-ring (bicyclic) bond motifs is 1. The minimum atomic E-state index is -0.304. The van der Waals surface area contributed by atoms with Gasteiger partial charge in [-0.2, -0.15) is 10.2 Å². The lowest BCUT2D eigenvalue weighted by Crippen LogP contribution is -2.30. The van der Waals surface area contributed by atoms with Crippen molar-refractivity contribution in [2.24, 2.45) is 0 Å².